The molecule has 186 valence electrons. The molecule has 0 fully saturated rings. The van der Waals surface area contributed by atoms with Crippen LogP contribution in [0.5, 0.6) is 11.5 Å². The first kappa shape index (κ1) is 24.9. The topological polar surface area (TPSA) is 97.8 Å². The van der Waals surface area contributed by atoms with Crippen molar-refractivity contribution in [2.24, 2.45) is 0 Å². The van der Waals surface area contributed by atoms with E-state index in [4.69, 9.17) is 9.47 Å². The molecule has 0 radical (unpaired) electrons. The number of amides is 2. The van der Waals surface area contributed by atoms with Gasteiger partial charge in [0.2, 0.25) is 5.91 Å². The van der Waals surface area contributed by atoms with Crippen LogP contribution >= 0.6 is 0 Å². The Bertz CT molecular complexity index is 1230. The monoisotopic (exact) mass is 487 g/mol. The minimum atomic E-state index is -0.353. The third kappa shape index (κ3) is 6.27. The number of Topliss-reactive ketones (excluding diaryl/α,β-unsaturated/α-hetero) is 1. The third-order valence-corrected chi connectivity index (χ3v) is 5.87. The number of hydrogen-bond donors (Lipinski definition) is 1. The van der Waals surface area contributed by atoms with Gasteiger partial charge in [-0.05, 0) is 53.9 Å². The van der Waals surface area contributed by atoms with Crippen molar-refractivity contribution in [3.05, 3.63) is 83.7 Å². The average molecular weight is 488 g/mol. The molecule has 0 saturated heterocycles. The average Bonchev–Trinajstić information content (AvgIpc) is 2.89. The van der Waals surface area contributed by atoms with E-state index in [-0.39, 0.29) is 37.4 Å². The number of fused-ring (bicyclic) bond motifs is 1. The first-order valence-corrected chi connectivity index (χ1v) is 11.9. The highest BCUT2D eigenvalue weighted by Crippen LogP contribution is 2.33. The maximum absolute atomic E-state index is 12.8. The predicted octanol–water partition coefficient (Wildman–Crippen LogP) is 3.55. The molecule has 2 amide bonds. The Hall–Kier alpha value is -4.20. The molecule has 36 heavy (non-hydrogen) atoms. The summed E-state index contributed by atoms with van der Waals surface area (Å²) in [5.41, 5.74) is 2.81. The lowest BCUT2D eigenvalue weighted by atomic mass is 10.0. The van der Waals surface area contributed by atoms with Gasteiger partial charge in [0, 0.05) is 30.4 Å². The summed E-state index contributed by atoms with van der Waals surface area (Å²) in [7, 11) is 0. The van der Waals surface area contributed by atoms with Crippen LogP contribution in [-0.4, -0.2) is 48.9 Å². The molecular weight excluding hydrogens is 458 g/mol. The van der Waals surface area contributed by atoms with E-state index in [0.29, 0.717) is 41.6 Å². The SMILES string of the molecule is CC(C)c1ccc(OCC(=O)c2ccc3c(c2)N(CC(=O)NCCc2ccccn2)C(=O)CO3)cc1. The van der Waals surface area contributed by atoms with E-state index in [2.05, 4.69) is 24.1 Å². The summed E-state index contributed by atoms with van der Waals surface area (Å²) in [6, 6.07) is 18.1. The van der Waals surface area contributed by atoms with E-state index in [1.54, 1.807) is 24.4 Å². The van der Waals surface area contributed by atoms with Gasteiger partial charge < -0.3 is 14.8 Å². The Morgan fingerprint density at radius 1 is 1.11 bits per heavy atom. The van der Waals surface area contributed by atoms with Crippen LogP contribution in [0.4, 0.5) is 5.69 Å². The third-order valence-electron chi connectivity index (χ3n) is 5.87. The quantitative estimate of drug-likeness (QED) is 0.439. The fourth-order valence-corrected chi connectivity index (χ4v) is 3.81. The molecule has 2 heterocycles. The number of rotatable bonds is 10. The summed E-state index contributed by atoms with van der Waals surface area (Å²) in [5, 5.41) is 2.82. The number of nitrogens with zero attached hydrogens (tertiary/aromatic N) is 2. The van der Waals surface area contributed by atoms with E-state index in [0.717, 1.165) is 5.69 Å². The highest BCUT2D eigenvalue weighted by Gasteiger charge is 2.28. The number of ether oxygens (including phenoxy) is 2. The van der Waals surface area contributed by atoms with E-state index in [1.165, 1.54) is 10.5 Å². The number of ketones is 1. The zero-order valence-corrected chi connectivity index (χ0v) is 20.4. The first-order valence-electron chi connectivity index (χ1n) is 11.9. The number of pyridine rings is 1. The number of aromatic nitrogens is 1. The molecule has 2 aromatic carbocycles. The molecule has 4 rings (SSSR count). The number of benzene rings is 2. The van der Waals surface area contributed by atoms with E-state index >= 15 is 0 Å². The van der Waals surface area contributed by atoms with Crippen molar-refractivity contribution in [1.82, 2.24) is 10.3 Å². The van der Waals surface area contributed by atoms with E-state index in [9.17, 15) is 14.4 Å². The van der Waals surface area contributed by atoms with Gasteiger partial charge in [0.25, 0.3) is 5.91 Å². The van der Waals surface area contributed by atoms with Gasteiger partial charge in [0.05, 0.1) is 5.69 Å². The van der Waals surface area contributed by atoms with Crippen molar-refractivity contribution in [1.29, 1.82) is 0 Å². The minimum Gasteiger partial charge on any atom is -0.485 e. The molecule has 0 spiro atoms. The largest absolute Gasteiger partial charge is 0.485 e. The molecule has 0 saturated carbocycles. The number of nitrogens with one attached hydrogen (secondary N) is 1. The van der Waals surface area contributed by atoms with Crippen molar-refractivity contribution in [2.75, 3.05) is 31.2 Å². The number of hydrogen-bond acceptors (Lipinski definition) is 6. The summed E-state index contributed by atoms with van der Waals surface area (Å²) in [5.74, 6) is 0.548. The predicted molar refractivity (Wildman–Crippen MR) is 136 cm³/mol. The zero-order chi connectivity index (χ0) is 25.5. The van der Waals surface area contributed by atoms with Gasteiger partial charge in [-0.25, -0.2) is 0 Å². The number of carbonyl (C=O) groups is 3. The molecule has 0 aliphatic carbocycles. The van der Waals surface area contributed by atoms with Gasteiger partial charge in [-0.3, -0.25) is 24.3 Å². The van der Waals surface area contributed by atoms with Crippen molar-refractivity contribution in [2.45, 2.75) is 26.2 Å². The van der Waals surface area contributed by atoms with Crippen molar-refractivity contribution in [3.8, 4) is 11.5 Å². The van der Waals surface area contributed by atoms with Gasteiger partial charge in [0.15, 0.2) is 19.0 Å². The van der Waals surface area contributed by atoms with Gasteiger partial charge in [0.1, 0.15) is 18.0 Å². The Labute approximate surface area is 210 Å². The van der Waals surface area contributed by atoms with Crippen LogP contribution in [0, 0.1) is 0 Å². The molecule has 0 atom stereocenters. The van der Waals surface area contributed by atoms with Crippen LogP contribution in [-0.2, 0) is 16.0 Å². The second-order valence-corrected chi connectivity index (χ2v) is 8.81. The maximum atomic E-state index is 12.8. The van der Waals surface area contributed by atoms with Crippen LogP contribution in [0.2, 0.25) is 0 Å². The van der Waals surface area contributed by atoms with Crippen LogP contribution in [0.25, 0.3) is 0 Å². The van der Waals surface area contributed by atoms with Crippen LogP contribution in [0.1, 0.15) is 41.4 Å². The van der Waals surface area contributed by atoms with E-state index in [1.807, 2.05) is 42.5 Å². The highest BCUT2D eigenvalue weighted by molar-refractivity contribution is 6.04. The second-order valence-electron chi connectivity index (χ2n) is 8.81. The Morgan fingerprint density at radius 2 is 1.92 bits per heavy atom. The van der Waals surface area contributed by atoms with Crippen LogP contribution in [0.15, 0.2) is 66.9 Å². The van der Waals surface area contributed by atoms with Gasteiger partial charge in [-0.1, -0.05) is 32.0 Å². The fraction of sp³-hybridized carbons (Fsp3) is 0.286. The summed E-state index contributed by atoms with van der Waals surface area (Å²) in [4.78, 5) is 43.5. The normalized spacial score (nSPS) is 12.6. The van der Waals surface area contributed by atoms with E-state index < -0.39 is 0 Å². The van der Waals surface area contributed by atoms with Gasteiger partial charge in [-0.15, -0.1) is 0 Å². The molecule has 8 nitrogen and oxygen atoms in total. The fourth-order valence-electron chi connectivity index (χ4n) is 3.81. The standard InChI is InChI=1S/C28H29N3O5/c1-19(2)20-6-9-23(10-7-20)35-17-25(32)21-8-11-26-24(15-21)31(28(34)18-36-26)16-27(33)30-14-12-22-5-3-4-13-29-22/h3-11,13,15,19H,12,14,16-18H2,1-2H3,(H,30,33). The van der Waals surface area contributed by atoms with Crippen molar-refractivity contribution < 1.29 is 23.9 Å². The zero-order valence-electron chi connectivity index (χ0n) is 20.4. The van der Waals surface area contributed by atoms with Gasteiger partial charge in [-0.2, -0.15) is 0 Å². The van der Waals surface area contributed by atoms with Crippen molar-refractivity contribution >= 4 is 23.3 Å². The summed E-state index contributed by atoms with van der Waals surface area (Å²) in [6.07, 6.45) is 2.28. The lowest BCUT2D eigenvalue weighted by Gasteiger charge is -2.29. The molecule has 3 aromatic rings. The summed E-state index contributed by atoms with van der Waals surface area (Å²) >= 11 is 0. The number of anilines is 1. The molecule has 1 aliphatic rings. The van der Waals surface area contributed by atoms with Gasteiger partial charge >= 0.3 is 0 Å². The Morgan fingerprint density at radius 3 is 2.64 bits per heavy atom. The molecule has 1 aromatic heterocycles. The van der Waals surface area contributed by atoms with Crippen LogP contribution in [0.3, 0.4) is 0 Å². The molecule has 1 N–H and O–H groups in total. The lowest BCUT2D eigenvalue weighted by Crippen LogP contribution is -2.45. The first-order chi connectivity index (χ1) is 17.4. The summed E-state index contributed by atoms with van der Waals surface area (Å²) in [6.45, 7) is 4.13. The Kier molecular flexibility index (Phi) is 7.95. The molecule has 1 aliphatic heterocycles. The molecular formula is C28H29N3O5. The molecule has 8 heteroatoms. The minimum absolute atomic E-state index is 0.150. The maximum Gasteiger partial charge on any atom is 0.265 e. The summed E-state index contributed by atoms with van der Waals surface area (Å²) < 4.78 is 11.2. The molecule has 0 bridgehead atoms. The second kappa shape index (κ2) is 11.5. The lowest BCUT2D eigenvalue weighted by molar-refractivity contribution is -0.125. The van der Waals surface area contributed by atoms with Crippen molar-refractivity contribution in [3.63, 3.8) is 0 Å². The van der Waals surface area contributed by atoms with Crippen LogP contribution < -0.4 is 19.7 Å². The number of carbonyl (C=O) groups excluding carboxylic acids is 3. The highest BCUT2D eigenvalue weighted by atomic mass is 16.5. The Balaban J connectivity index is 1.38. The smallest absolute Gasteiger partial charge is 0.265 e. The molecule has 0 unspecified atom stereocenters.